The van der Waals surface area contributed by atoms with E-state index in [4.69, 9.17) is 13.9 Å². The SMILES string of the molecule is CCn1cc(C(C)NC(=O)c2ccc(COc3ccccc3OC)o2)c(C)n1. The Balaban J connectivity index is 1.61. The number of ether oxygens (including phenoxy) is 2. The predicted octanol–water partition coefficient (Wildman–Crippen LogP) is 3.88. The Bertz CT molecular complexity index is 945. The largest absolute Gasteiger partial charge is 0.493 e. The first-order valence-corrected chi connectivity index (χ1v) is 9.21. The third-order valence-electron chi connectivity index (χ3n) is 4.45. The van der Waals surface area contributed by atoms with Gasteiger partial charge in [-0.25, -0.2) is 0 Å². The molecule has 7 nitrogen and oxygen atoms in total. The topological polar surface area (TPSA) is 78.5 Å². The number of hydrogen-bond donors (Lipinski definition) is 1. The van der Waals surface area contributed by atoms with Gasteiger partial charge >= 0.3 is 0 Å². The maximum atomic E-state index is 12.5. The molecule has 1 N–H and O–H groups in total. The minimum atomic E-state index is -0.278. The van der Waals surface area contributed by atoms with Crippen molar-refractivity contribution >= 4 is 5.91 Å². The highest BCUT2D eigenvalue weighted by Gasteiger charge is 2.18. The molecule has 2 heterocycles. The third kappa shape index (κ3) is 4.36. The fraction of sp³-hybridized carbons (Fsp3) is 0.333. The monoisotopic (exact) mass is 383 g/mol. The number of aromatic nitrogens is 2. The fourth-order valence-electron chi connectivity index (χ4n) is 2.93. The summed E-state index contributed by atoms with van der Waals surface area (Å²) in [6.45, 7) is 6.87. The number of hydrogen-bond acceptors (Lipinski definition) is 5. The van der Waals surface area contributed by atoms with Gasteiger partial charge in [-0.1, -0.05) is 12.1 Å². The first-order chi connectivity index (χ1) is 13.5. The van der Waals surface area contributed by atoms with Crippen LogP contribution in [0.1, 0.15) is 47.5 Å². The highest BCUT2D eigenvalue weighted by atomic mass is 16.5. The van der Waals surface area contributed by atoms with Crippen LogP contribution in [0.3, 0.4) is 0 Å². The minimum absolute atomic E-state index is 0.175. The highest BCUT2D eigenvalue weighted by molar-refractivity contribution is 5.91. The molecule has 0 bridgehead atoms. The molecule has 1 aromatic carbocycles. The second-order valence-electron chi connectivity index (χ2n) is 6.43. The van der Waals surface area contributed by atoms with Gasteiger partial charge < -0.3 is 19.2 Å². The average molecular weight is 383 g/mol. The molecule has 0 saturated heterocycles. The molecule has 1 atom stereocenters. The van der Waals surface area contributed by atoms with Gasteiger partial charge in [0.15, 0.2) is 17.3 Å². The van der Waals surface area contributed by atoms with Gasteiger partial charge in [0.25, 0.3) is 5.91 Å². The van der Waals surface area contributed by atoms with Crippen molar-refractivity contribution < 1.29 is 18.7 Å². The van der Waals surface area contributed by atoms with E-state index in [2.05, 4.69) is 10.4 Å². The Morgan fingerprint density at radius 1 is 1.25 bits per heavy atom. The van der Waals surface area contributed by atoms with E-state index >= 15 is 0 Å². The summed E-state index contributed by atoms with van der Waals surface area (Å²) in [5, 5.41) is 7.37. The minimum Gasteiger partial charge on any atom is -0.493 e. The van der Waals surface area contributed by atoms with Crippen LogP contribution < -0.4 is 14.8 Å². The number of nitrogens with one attached hydrogen (secondary N) is 1. The van der Waals surface area contributed by atoms with Crippen molar-refractivity contribution in [3.05, 3.63) is 65.4 Å². The first kappa shape index (κ1) is 19.5. The molecular weight excluding hydrogens is 358 g/mol. The molecule has 0 aliphatic heterocycles. The summed E-state index contributed by atoms with van der Waals surface area (Å²) in [7, 11) is 1.59. The van der Waals surface area contributed by atoms with Crippen molar-refractivity contribution in [2.24, 2.45) is 0 Å². The number of carbonyl (C=O) groups excluding carboxylic acids is 1. The van der Waals surface area contributed by atoms with E-state index in [-0.39, 0.29) is 24.3 Å². The number of carbonyl (C=O) groups is 1. The van der Waals surface area contributed by atoms with Crippen molar-refractivity contribution in [1.29, 1.82) is 0 Å². The molecule has 28 heavy (non-hydrogen) atoms. The van der Waals surface area contributed by atoms with Gasteiger partial charge in [0.2, 0.25) is 0 Å². The van der Waals surface area contributed by atoms with E-state index in [9.17, 15) is 4.79 Å². The van der Waals surface area contributed by atoms with Crippen molar-refractivity contribution in [2.45, 2.75) is 40.0 Å². The Labute approximate surface area is 164 Å². The van der Waals surface area contributed by atoms with Crippen LogP contribution in [0.4, 0.5) is 0 Å². The van der Waals surface area contributed by atoms with Crippen LogP contribution in [-0.4, -0.2) is 22.8 Å². The number of methoxy groups -OCH3 is 1. The number of benzene rings is 1. The summed E-state index contributed by atoms with van der Waals surface area (Å²) in [4.78, 5) is 12.5. The third-order valence-corrected chi connectivity index (χ3v) is 4.45. The molecule has 148 valence electrons. The molecule has 1 amide bonds. The number of furan rings is 1. The second-order valence-corrected chi connectivity index (χ2v) is 6.43. The molecular formula is C21H25N3O4. The zero-order valence-corrected chi connectivity index (χ0v) is 16.6. The van der Waals surface area contributed by atoms with Crippen LogP contribution in [0.15, 0.2) is 47.0 Å². The van der Waals surface area contributed by atoms with Gasteiger partial charge in [0.05, 0.1) is 18.8 Å². The lowest BCUT2D eigenvalue weighted by Gasteiger charge is -2.12. The van der Waals surface area contributed by atoms with E-state index in [1.54, 1.807) is 19.2 Å². The summed E-state index contributed by atoms with van der Waals surface area (Å²) in [6, 6.07) is 10.6. The normalized spacial score (nSPS) is 11.9. The molecule has 2 aromatic heterocycles. The van der Waals surface area contributed by atoms with E-state index in [1.807, 2.05) is 55.9 Å². The van der Waals surface area contributed by atoms with Gasteiger partial charge in [0.1, 0.15) is 12.4 Å². The van der Waals surface area contributed by atoms with Crippen molar-refractivity contribution in [1.82, 2.24) is 15.1 Å². The predicted molar refractivity (Wildman–Crippen MR) is 105 cm³/mol. The van der Waals surface area contributed by atoms with Gasteiger partial charge in [-0.15, -0.1) is 0 Å². The standard InChI is InChI=1S/C21H25N3O4/c1-5-24-12-17(15(3)23-24)14(2)22-21(25)20-11-10-16(28-20)13-27-19-9-7-6-8-18(19)26-4/h6-12,14H,5,13H2,1-4H3,(H,22,25). The number of amides is 1. The van der Waals surface area contributed by atoms with Gasteiger partial charge in [-0.2, -0.15) is 5.10 Å². The van der Waals surface area contributed by atoms with Crippen LogP contribution >= 0.6 is 0 Å². The zero-order valence-electron chi connectivity index (χ0n) is 16.6. The fourth-order valence-corrected chi connectivity index (χ4v) is 2.93. The van der Waals surface area contributed by atoms with E-state index in [0.29, 0.717) is 17.3 Å². The second kappa shape index (κ2) is 8.65. The van der Waals surface area contributed by atoms with Crippen LogP contribution in [0.25, 0.3) is 0 Å². The molecule has 0 saturated carbocycles. The lowest BCUT2D eigenvalue weighted by atomic mass is 10.1. The molecule has 3 rings (SSSR count). The summed E-state index contributed by atoms with van der Waals surface area (Å²) >= 11 is 0. The lowest BCUT2D eigenvalue weighted by molar-refractivity contribution is 0.0907. The summed E-state index contributed by atoms with van der Waals surface area (Å²) < 4.78 is 18.5. The maximum absolute atomic E-state index is 12.5. The molecule has 0 spiro atoms. The molecule has 3 aromatic rings. The molecule has 0 radical (unpaired) electrons. The first-order valence-electron chi connectivity index (χ1n) is 9.21. The van der Waals surface area contributed by atoms with Crippen molar-refractivity contribution in [3.8, 4) is 11.5 Å². The summed E-state index contributed by atoms with van der Waals surface area (Å²) in [5.41, 5.74) is 1.89. The average Bonchev–Trinajstić information content (AvgIpc) is 3.33. The van der Waals surface area contributed by atoms with Crippen LogP contribution in [-0.2, 0) is 13.2 Å². The van der Waals surface area contributed by atoms with E-state index in [0.717, 1.165) is 17.8 Å². The Kier molecular flexibility index (Phi) is 6.03. The summed E-state index contributed by atoms with van der Waals surface area (Å²) in [6.07, 6.45) is 1.95. The highest BCUT2D eigenvalue weighted by Crippen LogP contribution is 2.27. The molecule has 7 heteroatoms. The lowest BCUT2D eigenvalue weighted by Crippen LogP contribution is -2.26. The smallest absolute Gasteiger partial charge is 0.287 e. The van der Waals surface area contributed by atoms with Crippen LogP contribution in [0.5, 0.6) is 11.5 Å². The van der Waals surface area contributed by atoms with Crippen LogP contribution in [0.2, 0.25) is 0 Å². The zero-order chi connectivity index (χ0) is 20.1. The molecule has 0 aliphatic carbocycles. The number of rotatable bonds is 8. The van der Waals surface area contributed by atoms with Gasteiger partial charge in [0, 0.05) is 18.3 Å². The Hall–Kier alpha value is -3.22. The van der Waals surface area contributed by atoms with Crippen molar-refractivity contribution in [2.75, 3.05) is 7.11 Å². The maximum Gasteiger partial charge on any atom is 0.287 e. The summed E-state index contributed by atoms with van der Waals surface area (Å²) in [5.74, 6) is 1.78. The van der Waals surface area contributed by atoms with Crippen LogP contribution in [0, 0.1) is 6.92 Å². The van der Waals surface area contributed by atoms with Gasteiger partial charge in [-0.3, -0.25) is 9.48 Å². The Morgan fingerprint density at radius 2 is 2.00 bits per heavy atom. The Morgan fingerprint density at radius 3 is 2.68 bits per heavy atom. The van der Waals surface area contributed by atoms with E-state index in [1.165, 1.54) is 0 Å². The number of para-hydroxylation sites is 2. The number of aryl methyl sites for hydroxylation is 2. The molecule has 0 aliphatic rings. The van der Waals surface area contributed by atoms with E-state index < -0.39 is 0 Å². The molecule has 0 fully saturated rings. The number of nitrogens with zero attached hydrogens (tertiary/aromatic N) is 2. The van der Waals surface area contributed by atoms with Gasteiger partial charge in [-0.05, 0) is 45.0 Å². The quantitative estimate of drug-likeness (QED) is 0.639. The van der Waals surface area contributed by atoms with Crippen molar-refractivity contribution in [3.63, 3.8) is 0 Å². The molecule has 1 unspecified atom stereocenters.